The van der Waals surface area contributed by atoms with Gasteiger partial charge in [0.25, 0.3) is 8.32 Å². The summed E-state index contributed by atoms with van der Waals surface area (Å²) >= 11 is 0. The number of nitrogens with one attached hydrogen (secondary N) is 1. The molecule has 0 aliphatic carbocycles. The van der Waals surface area contributed by atoms with Crippen LogP contribution in [0, 0.1) is 5.41 Å². The number of rotatable bonds is 18. The quantitative estimate of drug-likeness (QED) is 0.0665. The van der Waals surface area contributed by atoms with Crippen LogP contribution in [0.1, 0.15) is 70.9 Å². The summed E-state index contributed by atoms with van der Waals surface area (Å²) in [7, 11) is -0.200. The number of alkyl carbamates (subject to hydrolysis) is 1. The number of alkyl halides is 3. The predicted octanol–water partition coefficient (Wildman–Crippen LogP) is 10.2. The first-order valence-electron chi connectivity index (χ1n) is 23.7. The molecular weight excluding hydrogens is 914 g/mol. The van der Waals surface area contributed by atoms with Crippen molar-refractivity contribution < 1.29 is 46.1 Å². The number of anilines is 1. The normalized spacial score (nSPS) is 15.6. The SMILES string of the molecule is COC(=O)[C@H](C[C@H]1CN(c2ccc3c(c2)c(CC(C)(C)CO[Si](c2ccccc2)(c2ccccc2)C(C)(C)C)c(-c2cccnc2[C@H](C)OC)n3CC(F)(F)F)CCO1)NC(=O)OCc1ccccc1. The van der Waals surface area contributed by atoms with Crippen molar-refractivity contribution in [2.45, 2.75) is 97.0 Å². The fourth-order valence-electron chi connectivity index (χ4n) is 9.71. The number of amides is 1. The number of halogens is 3. The van der Waals surface area contributed by atoms with Crippen LogP contribution in [0.2, 0.25) is 5.04 Å². The average molecular weight is 979 g/mol. The van der Waals surface area contributed by atoms with Gasteiger partial charge >= 0.3 is 18.2 Å². The number of carbonyl (C=O) groups is 2. The van der Waals surface area contributed by atoms with Gasteiger partial charge in [-0.25, -0.2) is 9.59 Å². The standard InChI is InChI=1S/C55H65F3N4O7Si/c1-38(65-7)49-44(25-18-28-59-49)50-46(33-54(5,6)37-69-70(53(2,3)4,42-21-14-10-15-22-42)43-23-16-11-17-24-43)45-31-40(26-27-48(45)62(50)36-55(56,57)58)61-29-30-67-41(34-61)32-47(51(63)66-8)60-52(64)68-35-39-19-12-9-13-20-39/h9-28,31,38,41,47H,29-30,32-37H2,1-8H3,(H,60,64)/t38-,41-,47-/m0/s1. The minimum atomic E-state index is -4.57. The van der Waals surface area contributed by atoms with E-state index in [9.17, 15) is 22.8 Å². The van der Waals surface area contributed by atoms with Crippen LogP contribution in [0.3, 0.4) is 0 Å². The van der Waals surface area contributed by atoms with Crippen molar-refractivity contribution in [1.29, 1.82) is 0 Å². The van der Waals surface area contributed by atoms with E-state index in [1.54, 1.807) is 25.4 Å². The zero-order valence-electron chi connectivity index (χ0n) is 41.3. The van der Waals surface area contributed by atoms with Gasteiger partial charge in [-0.05, 0) is 75.6 Å². The first-order chi connectivity index (χ1) is 33.3. The highest BCUT2D eigenvalue weighted by Crippen LogP contribution is 2.44. The zero-order valence-corrected chi connectivity index (χ0v) is 42.3. The Morgan fingerprint density at radius 3 is 2.11 bits per heavy atom. The molecule has 3 heterocycles. The van der Waals surface area contributed by atoms with Gasteiger partial charge in [-0.2, -0.15) is 13.2 Å². The molecule has 1 aliphatic rings. The van der Waals surface area contributed by atoms with E-state index >= 15 is 0 Å². The van der Waals surface area contributed by atoms with Gasteiger partial charge in [-0.1, -0.05) is 126 Å². The van der Waals surface area contributed by atoms with Crippen molar-refractivity contribution in [3.8, 4) is 11.3 Å². The van der Waals surface area contributed by atoms with Crippen molar-refractivity contribution in [3.63, 3.8) is 0 Å². The molecule has 2 aromatic heterocycles. The van der Waals surface area contributed by atoms with Gasteiger partial charge in [-0.15, -0.1) is 0 Å². The summed E-state index contributed by atoms with van der Waals surface area (Å²) in [6.45, 7) is 12.9. The Kier molecular flexibility index (Phi) is 16.3. The molecule has 0 bridgehead atoms. The average Bonchev–Trinajstić information content (AvgIpc) is 3.62. The van der Waals surface area contributed by atoms with Gasteiger partial charge in [-0.3, -0.25) is 4.98 Å². The molecule has 372 valence electrons. The van der Waals surface area contributed by atoms with E-state index < -0.39 is 56.8 Å². The zero-order chi connectivity index (χ0) is 50.3. The maximum atomic E-state index is 15.0. The fourth-order valence-corrected chi connectivity index (χ4v) is 14.5. The number of carbonyl (C=O) groups excluding carboxylic acids is 2. The molecule has 15 heteroatoms. The van der Waals surface area contributed by atoms with Crippen molar-refractivity contribution in [2.24, 2.45) is 5.41 Å². The molecule has 11 nitrogen and oxygen atoms in total. The molecule has 1 N–H and O–H groups in total. The molecule has 1 amide bonds. The monoisotopic (exact) mass is 978 g/mol. The molecule has 6 aromatic rings. The largest absolute Gasteiger partial charge is 0.467 e. The number of esters is 1. The Bertz CT molecular complexity index is 2650. The Labute approximate surface area is 410 Å². The number of nitrogens with zero attached hydrogens (tertiary/aromatic N) is 3. The van der Waals surface area contributed by atoms with Gasteiger partial charge in [0.2, 0.25) is 0 Å². The van der Waals surface area contributed by atoms with Crippen LogP contribution >= 0.6 is 0 Å². The number of hydrogen-bond acceptors (Lipinski definition) is 9. The summed E-state index contributed by atoms with van der Waals surface area (Å²) in [6.07, 6.45) is -4.33. The molecule has 4 aromatic carbocycles. The van der Waals surface area contributed by atoms with E-state index in [0.717, 1.165) is 27.2 Å². The number of methoxy groups -OCH3 is 2. The molecule has 1 saturated heterocycles. The highest BCUT2D eigenvalue weighted by molar-refractivity contribution is 6.99. The summed E-state index contributed by atoms with van der Waals surface area (Å²) in [5.41, 5.74) is 3.57. The van der Waals surface area contributed by atoms with Crippen molar-refractivity contribution in [3.05, 3.63) is 144 Å². The van der Waals surface area contributed by atoms with Crippen molar-refractivity contribution in [2.75, 3.05) is 45.4 Å². The van der Waals surface area contributed by atoms with E-state index in [1.165, 1.54) is 11.7 Å². The Hall–Kier alpha value is -6.00. The van der Waals surface area contributed by atoms with Crippen LogP contribution < -0.4 is 20.6 Å². The van der Waals surface area contributed by atoms with Gasteiger partial charge in [0, 0.05) is 61.6 Å². The van der Waals surface area contributed by atoms with Crippen LogP contribution in [0.5, 0.6) is 0 Å². The topological polar surface area (TPSA) is 113 Å². The third kappa shape index (κ3) is 11.9. The van der Waals surface area contributed by atoms with Crippen molar-refractivity contribution in [1.82, 2.24) is 14.9 Å². The number of benzene rings is 4. The first-order valence-corrected chi connectivity index (χ1v) is 25.6. The van der Waals surface area contributed by atoms with Crippen LogP contribution in [0.15, 0.2) is 128 Å². The molecular formula is C55H65F3N4O7Si. The number of ether oxygens (including phenoxy) is 4. The van der Waals surface area contributed by atoms with Gasteiger partial charge in [0.15, 0.2) is 0 Å². The Morgan fingerprint density at radius 1 is 0.871 bits per heavy atom. The van der Waals surface area contributed by atoms with Gasteiger partial charge in [0.1, 0.15) is 19.2 Å². The molecule has 0 unspecified atom stereocenters. The third-order valence-electron chi connectivity index (χ3n) is 13.1. The third-order valence-corrected chi connectivity index (χ3v) is 18.0. The summed E-state index contributed by atoms with van der Waals surface area (Å²) in [5.74, 6) is -0.652. The predicted molar refractivity (Wildman–Crippen MR) is 270 cm³/mol. The Morgan fingerprint density at radius 2 is 1.51 bits per heavy atom. The molecule has 70 heavy (non-hydrogen) atoms. The van der Waals surface area contributed by atoms with Gasteiger partial charge in [0.05, 0.1) is 37.3 Å². The number of hydrogen-bond donors (Lipinski definition) is 1. The van der Waals surface area contributed by atoms with E-state index in [2.05, 4.69) is 74.1 Å². The van der Waals surface area contributed by atoms with E-state index in [1.807, 2.05) is 91.9 Å². The fraction of sp³-hybridized carbons (Fsp3) is 0.400. The molecule has 1 fully saturated rings. The summed E-state index contributed by atoms with van der Waals surface area (Å²) < 4.78 is 76.2. The maximum Gasteiger partial charge on any atom is 0.408 e. The second-order valence-corrected chi connectivity index (χ2v) is 24.1. The lowest BCUT2D eigenvalue weighted by molar-refractivity contribution is -0.144. The molecule has 0 saturated carbocycles. The lowest BCUT2D eigenvalue weighted by Crippen LogP contribution is -2.67. The second kappa shape index (κ2) is 22.0. The smallest absolute Gasteiger partial charge is 0.408 e. The number of morpholine rings is 1. The molecule has 7 rings (SSSR count). The van der Waals surface area contributed by atoms with Crippen LogP contribution in [-0.2, 0) is 47.7 Å². The Balaban J connectivity index is 1.28. The minimum absolute atomic E-state index is 0.0175. The molecule has 0 radical (unpaired) electrons. The van der Waals surface area contributed by atoms with Crippen LogP contribution in [0.25, 0.3) is 22.2 Å². The van der Waals surface area contributed by atoms with E-state index in [4.69, 9.17) is 23.4 Å². The molecule has 3 atom stereocenters. The van der Waals surface area contributed by atoms with E-state index in [0.29, 0.717) is 60.6 Å². The number of aromatic nitrogens is 2. The highest BCUT2D eigenvalue weighted by Gasteiger charge is 2.51. The summed E-state index contributed by atoms with van der Waals surface area (Å²) in [5, 5.41) is 5.27. The van der Waals surface area contributed by atoms with Crippen molar-refractivity contribution >= 4 is 47.3 Å². The number of pyridine rings is 1. The molecule has 1 aliphatic heterocycles. The lowest BCUT2D eigenvalue weighted by Gasteiger charge is -2.44. The lowest BCUT2D eigenvalue weighted by atomic mass is 9.84. The minimum Gasteiger partial charge on any atom is -0.467 e. The summed E-state index contributed by atoms with van der Waals surface area (Å²) in [4.78, 5) is 32.7. The van der Waals surface area contributed by atoms with E-state index in [-0.39, 0.29) is 18.1 Å². The van der Waals surface area contributed by atoms with Crippen LogP contribution in [-0.4, -0.2) is 88.8 Å². The first kappa shape index (κ1) is 51.8. The second-order valence-electron chi connectivity index (χ2n) is 19.8. The van der Waals surface area contributed by atoms with Crippen LogP contribution in [0.4, 0.5) is 23.7 Å². The number of fused-ring (bicyclic) bond motifs is 1. The molecule has 0 spiro atoms. The summed E-state index contributed by atoms with van der Waals surface area (Å²) in [6, 6.07) is 38.0. The highest BCUT2D eigenvalue weighted by atomic mass is 28.4. The maximum absolute atomic E-state index is 15.0. The van der Waals surface area contributed by atoms with Gasteiger partial charge < -0.3 is 38.2 Å².